The SMILES string of the molecule is CC(C)(C)c1cc2cc(C(C)(C)C)cc3c4cc(C(C)(C)I)cc5cc(C(C)(C)I)cc(c(c1)c23)c54. The van der Waals surface area contributed by atoms with E-state index in [4.69, 9.17) is 0 Å². The molecule has 0 saturated heterocycles. The molecule has 0 heterocycles. The van der Waals surface area contributed by atoms with Gasteiger partial charge in [0.1, 0.15) is 0 Å². The summed E-state index contributed by atoms with van der Waals surface area (Å²) in [5.74, 6) is 0. The van der Waals surface area contributed by atoms with Gasteiger partial charge in [-0.15, -0.1) is 0 Å². The maximum atomic E-state index is 2.60. The van der Waals surface area contributed by atoms with Crippen LogP contribution in [0.4, 0.5) is 0 Å². The fourth-order valence-corrected chi connectivity index (χ4v) is 6.06. The summed E-state index contributed by atoms with van der Waals surface area (Å²) in [6, 6.07) is 19.7. The summed E-state index contributed by atoms with van der Waals surface area (Å²) in [7, 11) is 0. The third-order valence-electron chi connectivity index (χ3n) is 7.78. The molecule has 0 spiro atoms. The molecule has 0 aliphatic carbocycles. The summed E-state index contributed by atoms with van der Waals surface area (Å²) >= 11 is 5.19. The van der Waals surface area contributed by atoms with Crippen LogP contribution in [0.2, 0.25) is 0 Å². The van der Waals surface area contributed by atoms with E-state index in [2.05, 4.69) is 163 Å². The van der Waals surface area contributed by atoms with Gasteiger partial charge in [0.25, 0.3) is 0 Å². The maximum Gasteiger partial charge on any atom is 0.0414 e. The highest BCUT2D eigenvalue weighted by molar-refractivity contribution is 14.1. The van der Waals surface area contributed by atoms with Gasteiger partial charge in [-0.25, -0.2) is 0 Å². The highest BCUT2D eigenvalue weighted by Crippen LogP contribution is 2.47. The monoisotopic (exact) mass is 700 g/mol. The van der Waals surface area contributed by atoms with Crippen LogP contribution in [0.5, 0.6) is 0 Å². The molecule has 188 valence electrons. The summed E-state index contributed by atoms with van der Waals surface area (Å²) in [6.07, 6.45) is 0. The lowest BCUT2D eigenvalue weighted by atomic mass is 9.78. The quantitative estimate of drug-likeness (QED) is 0.0744. The molecule has 0 nitrogen and oxygen atoms in total. The summed E-state index contributed by atoms with van der Waals surface area (Å²) < 4.78 is 0.102. The number of alkyl halides is 2. The zero-order valence-corrected chi connectivity index (χ0v) is 27.7. The van der Waals surface area contributed by atoms with Crippen molar-refractivity contribution in [1.82, 2.24) is 0 Å². The first-order chi connectivity index (χ1) is 16.4. The van der Waals surface area contributed by atoms with E-state index in [-0.39, 0.29) is 17.7 Å². The number of benzene rings is 5. The average Bonchev–Trinajstić information content (AvgIpc) is 2.73. The van der Waals surface area contributed by atoms with E-state index >= 15 is 0 Å². The van der Waals surface area contributed by atoms with Gasteiger partial charge in [-0.1, -0.05) is 98.9 Å². The van der Waals surface area contributed by atoms with Gasteiger partial charge in [0.15, 0.2) is 0 Å². The van der Waals surface area contributed by atoms with Gasteiger partial charge >= 0.3 is 0 Å². The minimum Gasteiger partial charge on any atom is -0.0743 e. The van der Waals surface area contributed by atoms with Crippen LogP contribution in [0.1, 0.15) is 91.5 Å². The molecule has 2 heteroatoms. The van der Waals surface area contributed by atoms with Crippen LogP contribution in [0.15, 0.2) is 48.5 Å². The van der Waals surface area contributed by atoms with Gasteiger partial charge in [0, 0.05) is 6.84 Å². The zero-order chi connectivity index (χ0) is 26.6. The molecular weight excluding hydrogens is 662 g/mol. The van der Waals surface area contributed by atoms with Gasteiger partial charge in [0.2, 0.25) is 0 Å². The Morgan fingerprint density at radius 3 is 0.889 bits per heavy atom. The molecule has 0 aromatic heterocycles. The number of halogens is 2. The first-order valence-electron chi connectivity index (χ1n) is 13.0. The van der Waals surface area contributed by atoms with E-state index in [0.29, 0.717) is 0 Å². The molecule has 0 bridgehead atoms. The van der Waals surface area contributed by atoms with Crippen molar-refractivity contribution in [2.24, 2.45) is 0 Å². The molecule has 36 heavy (non-hydrogen) atoms. The Labute approximate surface area is 244 Å². The molecule has 0 radical (unpaired) electrons. The molecule has 0 atom stereocenters. The molecular formula is C34H38I2. The van der Waals surface area contributed by atoms with E-state index in [0.717, 1.165) is 0 Å². The second-order valence-corrected chi connectivity index (χ2v) is 19.1. The Morgan fingerprint density at radius 2 is 0.639 bits per heavy atom. The van der Waals surface area contributed by atoms with E-state index in [9.17, 15) is 0 Å². The zero-order valence-electron chi connectivity index (χ0n) is 23.4. The highest BCUT2D eigenvalue weighted by atomic mass is 127. The normalized spacial score (nSPS) is 14.1. The van der Waals surface area contributed by atoms with Crippen LogP contribution < -0.4 is 0 Å². The van der Waals surface area contributed by atoms with Gasteiger partial charge in [-0.05, 0) is 140 Å². The van der Waals surface area contributed by atoms with Gasteiger partial charge in [0.05, 0.1) is 0 Å². The molecule has 0 unspecified atom stereocenters. The van der Waals surface area contributed by atoms with Crippen molar-refractivity contribution in [2.45, 2.75) is 86.9 Å². The van der Waals surface area contributed by atoms with E-state index < -0.39 is 0 Å². The standard InChI is InChI=1S/C34H38I2/c1-31(2,3)21-11-19-12-22(32(4,5)6)16-26-28-18-24(34(9,10)36)14-20-13-23(33(7,8)35)17-27(30(20)28)25(15-21)29(19)26/h11-18H,1-10H3. The maximum absolute atomic E-state index is 2.60. The summed E-state index contributed by atoms with van der Waals surface area (Å²) in [4.78, 5) is 0. The second kappa shape index (κ2) is 8.18. The van der Waals surface area contributed by atoms with Crippen molar-refractivity contribution in [3.8, 4) is 0 Å². The van der Waals surface area contributed by atoms with Crippen molar-refractivity contribution < 1.29 is 0 Å². The topological polar surface area (TPSA) is 0 Å². The van der Waals surface area contributed by atoms with Crippen molar-refractivity contribution in [3.63, 3.8) is 0 Å². The minimum absolute atomic E-state index is 0.0512. The number of rotatable bonds is 2. The molecule has 0 aliphatic rings. The molecule has 0 N–H and O–H groups in total. The second-order valence-electron chi connectivity index (χ2n) is 13.7. The Balaban J connectivity index is 2.14. The van der Waals surface area contributed by atoms with E-state index in [1.165, 1.54) is 65.3 Å². The van der Waals surface area contributed by atoms with Crippen LogP contribution in [-0.4, -0.2) is 0 Å². The van der Waals surface area contributed by atoms with Crippen molar-refractivity contribution in [3.05, 3.63) is 70.8 Å². The summed E-state index contributed by atoms with van der Waals surface area (Å²) in [6.45, 7) is 23.3. The van der Waals surface area contributed by atoms with E-state index in [1.807, 2.05) is 0 Å². The van der Waals surface area contributed by atoms with Crippen LogP contribution in [0.3, 0.4) is 0 Å². The Morgan fingerprint density at radius 1 is 0.389 bits per heavy atom. The van der Waals surface area contributed by atoms with Crippen molar-refractivity contribution in [2.75, 3.05) is 0 Å². The Hall–Kier alpha value is -1.14. The van der Waals surface area contributed by atoms with Crippen molar-refractivity contribution in [1.29, 1.82) is 0 Å². The Bertz CT molecular complexity index is 1400. The summed E-state index contributed by atoms with van der Waals surface area (Å²) in [5, 5.41) is 11.1. The molecule has 0 fully saturated rings. The van der Waals surface area contributed by atoms with Crippen LogP contribution in [-0.2, 0) is 17.7 Å². The average molecular weight is 700 g/mol. The minimum atomic E-state index is 0.0512. The van der Waals surface area contributed by atoms with Crippen LogP contribution in [0, 0.1) is 0 Å². The molecule has 0 aliphatic heterocycles. The fraction of sp³-hybridized carbons (Fsp3) is 0.412. The molecule has 0 saturated carbocycles. The smallest absolute Gasteiger partial charge is 0.0414 e. The molecule has 0 amide bonds. The summed E-state index contributed by atoms with van der Waals surface area (Å²) in [5.41, 5.74) is 5.76. The Kier molecular flexibility index (Phi) is 6.01. The number of fused-ring (bicyclic) bond motifs is 2. The lowest BCUT2D eigenvalue weighted by Crippen LogP contribution is -2.13. The molecule has 5 aromatic rings. The lowest BCUT2D eigenvalue weighted by molar-refractivity contribution is 0.590. The number of hydrogen-bond donors (Lipinski definition) is 0. The largest absolute Gasteiger partial charge is 0.0743 e. The lowest BCUT2D eigenvalue weighted by Gasteiger charge is -2.27. The van der Waals surface area contributed by atoms with Crippen LogP contribution >= 0.6 is 45.2 Å². The molecule has 5 rings (SSSR count). The van der Waals surface area contributed by atoms with Crippen molar-refractivity contribution >= 4 is 88.3 Å². The first-order valence-corrected chi connectivity index (χ1v) is 15.2. The van der Waals surface area contributed by atoms with Gasteiger partial charge in [-0.3, -0.25) is 0 Å². The van der Waals surface area contributed by atoms with Gasteiger partial charge in [-0.2, -0.15) is 0 Å². The third kappa shape index (κ3) is 4.42. The number of hydrogen-bond acceptors (Lipinski definition) is 0. The van der Waals surface area contributed by atoms with Gasteiger partial charge < -0.3 is 0 Å². The first kappa shape index (κ1) is 26.5. The van der Waals surface area contributed by atoms with E-state index in [1.54, 1.807) is 0 Å². The van der Waals surface area contributed by atoms with Crippen LogP contribution in [0.25, 0.3) is 43.1 Å². The third-order valence-corrected chi connectivity index (χ3v) is 9.03. The predicted octanol–water partition coefficient (Wildman–Crippen LogP) is 11.7. The predicted molar refractivity (Wildman–Crippen MR) is 179 cm³/mol. The fourth-order valence-electron chi connectivity index (χ4n) is 5.43. The molecule has 5 aromatic carbocycles. The highest BCUT2D eigenvalue weighted by Gasteiger charge is 2.26.